The second-order valence-electron chi connectivity index (χ2n) is 5.00. The zero-order valence-corrected chi connectivity index (χ0v) is 13.9. The zero-order valence-electron chi connectivity index (χ0n) is 12.4. The Morgan fingerprint density at radius 3 is 2.83 bits per heavy atom. The van der Waals surface area contributed by atoms with Gasteiger partial charge in [0.15, 0.2) is 5.82 Å². The fraction of sp³-hybridized carbons (Fsp3) is 0.200. The number of hydrogen-bond acceptors (Lipinski definition) is 4. The number of alkyl halides is 2. The molecule has 0 unspecified atom stereocenters. The van der Waals surface area contributed by atoms with Gasteiger partial charge in [0.25, 0.3) is 0 Å². The number of halogens is 4. The Bertz CT molecular complexity index is 885. The number of nitrogens with one attached hydrogen (secondary N) is 1. The molecule has 24 heavy (non-hydrogen) atoms. The lowest BCUT2D eigenvalue weighted by molar-refractivity contribution is -0.0503. The minimum atomic E-state index is -2.98. The highest BCUT2D eigenvalue weighted by Gasteiger charge is 2.16. The molecule has 0 radical (unpaired) electrons. The van der Waals surface area contributed by atoms with Crippen molar-refractivity contribution in [2.24, 2.45) is 0 Å². The minimum absolute atomic E-state index is 0.0194. The summed E-state index contributed by atoms with van der Waals surface area (Å²) < 4.78 is 31.4. The van der Waals surface area contributed by atoms with Crippen molar-refractivity contribution in [3.8, 4) is 5.75 Å². The van der Waals surface area contributed by atoms with Gasteiger partial charge in [0.2, 0.25) is 0 Å². The molecule has 0 bridgehead atoms. The topological polar surface area (TPSA) is 51.5 Å². The summed E-state index contributed by atoms with van der Waals surface area (Å²) in [5, 5.41) is 7.70. The van der Waals surface area contributed by atoms with Crippen LogP contribution in [0.15, 0.2) is 30.6 Å². The number of ether oxygens (including phenoxy) is 1. The Hall–Kier alpha value is -2.12. The molecule has 2 aromatic heterocycles. The van der Waals surface area contributed by atoms with Gasteiger partial charge in [0, 0.05) is 29.5 Å². The van der Waals surface area contributed by atoms with Crippen LogP contribution >= 0.6 is 23.2 Å². The van der Waals surface area contributed by atoms with Crippen molar-refractivity contribution in [1.82, 2.24) is 14.6 Å². The van der Waals surface area contributed by atoms with Crippen LogP contribution in [0.25, 0.3) is 5.52 Å². The highest BCUT2D eigenvalue weighted by atomic mass is 35.5. The van der Waals surface area contributed by atoms with Gasteiger partial charge >= 0.3 is 6.61 Å². The zero-order chi connectivity index (χ0) is 17.3. The Morgan fingerprint density at radius 2 is 2.08 bits per heavy atom. The third-order valence-corrected chi connectivity index (χ3v) is 3.75. The lowest BCUT2D eigenvalue weighted by Crippen LogP contribution is -2.09. The van der Waals surface area contributed by atoms with Crippen LogP contribution in [0.2, 0.25) is 10.0 Å². The molecule has 0 saturated heterocycles. The Balaban J connectivity index is 1.90. The van der Waals surface area contributed by atoms with Crippen molar-refractivity contribution in [3.63, 3.8) is 0 Å². The second kappa shape index (κ2) is 6.78. The summed E-state index contributed by atoms with van der Waals surface area (Å²) in [6.07, 6.45) is 3.30. The molecule has 0 aliphatic carbocycles. The van der Waals surface area contributed by atoms with E-state index in [4.69, 9.17) is 23.2 Å². The number of fused-ring (bicyclic) bond motifs is 1. The van der Waals surface area contributed by atoms with E-state index in [1.807, 2.05) is 13.0 Å². The van der Waals surface area contributed by atoms with Gasteiger partial charge in [-0.2, -0.15) is 13.9 Å². The van der Waals surface area contributed by atoms with E-state index in [-0.39, 0.29) is 17.3 Å². The summed E-state index contributed by atoms with van der Waals surface area (Å²) in [5.74, 6) is 0.442. The number of aromatic nitrogens is 3. The quantitative estimate of drug-likeness (QED) is 0.713. The molecular formula is C15H12Cl2F2N4O. The molecule has 0 atom stereocenters. The number of rotatable bonds is 5. The van der Waals surface area contributed by atoms with Gasteiger partial charge in [0.05, 0.1) is 10.7 Å². The first kappa shape index (κ1) is 16.7. The fourth-order valence-electron chi connectivity index (χ4n) is 2.33. The van der Waals surface area contributed by atoms with Crippen LogP contribution in [0.3, 0.4) is 0 Å². The molecule has 0 amide bonds. The predicted octanol–water partition coefficient (Wildman–Crippen LogP) is 4.56. The number of benzene rings is 1. The molecule has 0 fully saturated rings. The molecule has 2 heterocycles. The van der Waals surface area contributed by atoms with Crippen molar-refractivity contribution >= 4 is 34.5 Å². The third kappa shape index (κ3) is 3.52. The molecular weight excluding hydrogens is 361 g/mol. The van der Waals surface area contributed by atoms with E-state index in [1.54, 1.807) is 16.9 Å². The Labute approximate surface area is 146 Å². The molecule has 126 valence electrons. The van der Waals surface area contributed by atoms with E-state index >= 15 is 0 Å². The van der Waals surface area contributed by atoms with E-state index in [1.165, 1.54) is 12.1 Å². The molecule has 9 heteroatoms. The Kier molecular flexibility index (Phi) is 4.73. The van der Waals surface area contributed by atoms with E-state index in [0.717, 1.165) is 11.2 Å². The van der Waals surface area contributed by atoms with E-state index in [9.17, 15) is 8.78 Å². The standard InChI is InChI=1S/C15H12Cl2F2N4O/c1-8-4-12-14(20-2-3-23(12)22-8)21-7-9-5-10(16)6-11(17)13(9)24-15(18)19/h2-6,15H,7H2,1H3,(H,20,21). The SMILES string of the molecule is Cc1cc2c(NCc3cc(Cl)cc(Cl)c3OC(F)F)nccn2n1. The first-order valence-electron chi connectivity index (χ1n) is 6.91. The van der Waals surface area contributed by atoms with E-state index in [2.05, 4.69) is 20.1 Å². The molecule has 0 spiro atoms. The smallest absolute Gasteiger partial charge is 0.387 e. The Morgan fingerprint density at radius 1 is 1.29 bits per heavy atom. The van der Waals surface area contributed by atoms with Gasteiger partial charge in [-0.15, -0.1) is 0 Å². The van der Waals surface area contributed by atoms with Crippen molar-refractivity contribution in [3.05, 3.63) is 51.9 Å². The molecule has 3 aromatic rings. The predicted molar refractivity (Wildman–Crippen MR) is 88.1 cm³/mol. The highest BCUT2D eigenvalue weighted by Crippen LogP contribution is 2.34. The van der Waals surface area contributed by atoms with Crippen molar-refractivity contribution in [1.29, 1.82) is 0 Å². The summed E-state index contributed by atoms with van der Waals surface area (Å²) in [7, 11) is 0. The molecule has 0 aliphatic heterocycles. The van der Waals surface area contributed by atoms with Gasteiger partial charge in [0.1, 0.15) is 11.3 Å². The van der Waals surface area contributed by atoms with Gasteiger partial charge in [-0.05, 0) is 25.1 Å². The maximum absolute atomic E-state index is 12.6. The lowest BCUT2D eigenvalue weighted by atomic mass is 10.2. The first-order chi connectivity index (χ1) is 11.4. The van der Waals surface area contributed by atoms with Crippen LogP contribution < -0.4 is 10.1 Å². The van der Waals surface area contributed by atoms with E-state index in [0.29, 0.717) is 16.4 Å². The van der Waals surface area contributed by atoms with Crippen LogP contribution in [0.5, 0.6) is 5.75 Å². The van der Waals surface area contributed by atoms with Crippen molar-refractivity contribution in [2.75, 3.05) is 5.32 Å². The normalized spacial score (nSPS) is 11.2. The molecule has 3 rings (SSSR count). The summed E-state index contributed by atoms with van der Waals surface area (Å²) in [6, 6.07) is 4.72. The number of nitrogens with zero attached hydrogens (tertiary/aromatic N) is 3. The van der Waals surface area contributed by atoms with Gasteiger partial charge in [-0.3, -0.25) is 0 Å². The van der Waals surface area contributed by atoms with Crippen LogP contribution in [0.4, 0.5) is 14.6 Å². The van der Waals surface area contributed by atoms with Gasteiger partial charge < -0.3 is 10.1 Å². The molecule has 5 nitrogen and oxygen atoms in total. The van der Waals surface area contributed by atoms with Crippen LogP contribution in [-0.2, 0) is 6.54 Å². The summed E-state index contributed by atoms with van der Waals surface area (Å²) >= 11 is 11.9. The van der Waals surface area contributed by atoms with Gasteiger partial charge in [-0.1, -0.05) is 23.2 Å². The maximum atomic E-state index is 12.6. The number of aryl methyl sites for hydroxylation is 1. The van der Waals surface area contributed by atoms with Gasteiger partial charge in [-0.25, -0.2) is 9.50 Å². The molecule has 0 saturated carbocycles. The lowest BCUT2D eigenvalue weighted by Gasteiger charge is -2.14. The van der Waals surface area contributed by atoms with Crippen LogP contribution in [0, 0.1) is 6.92 Å². The largest absolute Gasteiger partial charge is 0.433 e. The summed E-state index contributed by atoms with van der Waals surface area (Å²) in [6.45, 7) is -0.970. The molecule has 1 N–H and O–H groups in total. The average Bonchev–Trinajstić information content (AvgIpc) is 2.88. The number of hydrogen-bond donors (Lipinski definition) is 1. The summed E-state index contributed by atoms with van der Waals surface area (Å²) in [4.78, 5) is 4.24. The average molecular weight is 373 g/mol. The highest BCUT2D eigenvalue weighted by molar-refractivity contribution is 6.35. The fourth-order valence-corrected chi connectivity index (χ4v) is 2.91. The second-order valence-corrected chi connectivity index (χ2v) is 5.84. The van der Waals surface area contributed by atoms with Crippen molar-refractivity contribution < 1.29 is 13.5 Å². The van der Waals surface area contributed by atoms with E-state index < -0.39 is 6.61 Å². The maximum Gasteiger partial charge on any atom is 0.387 e. The molecule has 1 aromatic carbocycles. The third-order valence-electron chi connectivity index (χ3n) is 3.25. The first-order valence-corrected chi connectivity index (χ1v) is 7.67. The number of anilines is 1. The van der Waals surface area contributed by atoms with Crippen LogP contribution in [0.1, 0.15) is 11.3 Å². The van der Waals surface area contributed by atoms with Crippen molar-refractivity contribution in [2.45, 2.75) is 20.1 Å². The molecule has 0 aliphatic rings. The van der Waals surface area contributed by atoms with Crippen LogP contribution in [-0.4, -0.2) is 21.2 Å². The minimum Gasteiger partial charge on any atom is -0.433 e. The summed E-state index contributed by atoms with van der Waals surface area (Å²) in [5.41, 5.74) is 1.99. The monoisotopic (exact) mass is 372 g/mol.